The Labute approximate surface area is 115 Å². The van der Waals surface area contributed by atoms with Crippen molar-refractivity contribution in [3.05, 3.63) is 29.8 Å². The van der Waals surface area contributed by atoms with Gasteiger partial charge in [0.05, 0.1) is 4.90 Å². The maximum absolute atomic E-state index is 12.5. The third kappa shape index (κ3) is 3.33. The van der Waals surface area contributed by atoms with E-state index in [2.05, 4.69) is 10.2 Å². The van der Waals surface area contributed by atoms with Crippen molar-refractivity contribution in [2.75, 3.05) is 40.3 Å². The second-order valence-corrected chi connectivity index (χ2v) is 6.82. The maximum atomic E-state index is 12.5. The molecule has 0 atom stereocenters. The number of nitrogens with zero attached hydrogens (tertiary/aromatic N) is 2. The maximum Gasteiger partial charge on any atom is 0.243 e. The van der Waals surface area contributed by atoms with E-state index in [9.17, 15) is 8.42 Å². The van der Waals surface area contributed by atoms with Crippen molar-refractivity contribution >= 4 is 10.0 Å². The van der Waals surface area contributed by atoms with Crippen LogP contribution in [0, 0.1) is 0 Å². The zero-order valence-corrected chi connectivity index (χ0v) is 12.3. The van der Waals surface area contributed by atoms with Gasteiger partial charge in [-0.1, -0.05) is 12.1 Å². The van der Waals surface area contributed by atoms with Gasteiger partial charge in [-0.15, -0.1) is 0 Å². The minimum atomic E-state index is -3.35. The molecule has 6 heteroatoms. The molecule has 2 rings (SSSR count). The normalized spacial score (nSPS) is 18.6. The number of sulfonamides is 1. The number of nitrogens with one attached hydrogen (secondary N) is 1. The van der Waals surface area contributed by atoms with E-state index in [0.717, 1.165) is 18.7 Å². The Kier molecular flexibility index (Phi) is 4.57. The minimum Gasteiger partial charge on any atom is -0.316 e. The summed E-state index contributed by atoms with van der Waals surface area (Å²) in [6.45, 7) is 3.38. The molecule has 0 bridgehead atoms. The summed E-state index contributed by atoms with van der Waals surface area (Å²) in [7, 11) is 0.513. The van der Waals surface area contributed by atoms with Gasteiger partial charge in [0.15, 0.2) is 0 Å². The molecule has 0 aliphatic carbocycles. The summed E-state index contributed by atoms with van der Waals surface area (Å²) in [6, 6.07) is 7.16. The predicted octanol–water partition coefficient (Wildman–Crippen LogP) is 0.342. The Hall–Kier alpha value is -0.950. The lowest BCUT2D eigenvalue weighted by molar-refractivity contribution is 0.222. The summed E-state index contributed by atoms with van der Waals surface area (Å²) in [5, 5.41) is 3.03. The zero-order valence-electron chi connectivity index (χ0n) is 11.5. The molecule has 1 fully saturated rings. The SMILES string of the molecule is CNCc1cccc(S(=O)(=O)N2CCN(C)CC2)c1. The molecule has 19 heavy (non-hydrogen) atoms. The topological polar surface area (TPSA) is 52.7 Å². The molecular weight excluding hydrogens is 262 g/mol. The number of benzene rings is 1. The van der Waals surface area contributed by atoms with Crippen LogP contribution in [-0.4, -0.2) is 57.9 Å². The van der Waals surface area contributed by atoms with Crippen LogP contribution in [0.5, 0.6) is 0 Å². The van der Waals surface area contributed by atoms with E-state index in [-0.39, 0.29) is 0 Å². The second kappa shape index (κ2) is 6.00. The van der Waals surface area contributed by atoms with Crippen molar-refractivity contribution in [2.45, 2.75) is 11.4 Å². The summed E-state index contributed by atoms with van der Waals surface area (Å²) < 4.78 is 26.6. The van der Waals surface area contributed by atoms with E-state index in [4.69, 9.17) is 0 Å². The predicted molar refractivity (Wildman–Crippen MR) is 75.5 cm³/mol. The Bertz CT molecular complexity index is 522. The first-order valence-corrected chi connectivity index (χ1v) is 7.90. The molecule has 0 amide bonds. The minimum absolute atomic E-state index is 0.393. The van der Waals surface area contributed by atoms with Crippen molar-refractivity contribution < 1.29 is 8.42 Å². The average molecular weight is 283 g/mol. The van der Waals surface area contributed by atoms with Gasteiger partial charge in [0, 0.05) is 32.7 Å². The molecule has 1 saturated heterocycles. The Morgan fingerprint density at radius 3 is 2.53 bits per heavy atom. The van der Waals surface area contributed by atoms with Crippen molar-refractivity contribution in [1.29, 1.82) is 0 Å². The first-order chi connectivity index (χ1) is 9.04. The van der Waals surface area contributed by atoms with Crippen LogP contribution < -0.4 is 5.32 Å². The number of likely N-dealkylation sites (N-methyl/N-ethyl adjacent to an activating group) is 1. The van der Waals surface area contributed by atoms with E-state index < -0.39 is 10.0 Å². The number of rotatable bonds is 4. The highest BCUT2D eigenvalue weighted by Crippen LogP contribution is 2.18. The van der Waals surface area contributed by atoms with E-state index in [1.165, 1.54) is 0 Å². The standard InChI is InChI=1S/C13H21N3O2S/c1-14-11-12-4-3-5-13(10-12)19(17,18)16-8-6-15(2)7-9-16/h3-5,10,14H,6-9,11H2,1-2H3. The van der Waals surface area contributed by atoms with Gasteiger partial charge in [0.25, 0.3) is 0 Å². The summed E-state index contributed by atoms with van der Waals surface area (Å²) in [5.74, 6) is 0. The summed E-state index contributed by atoms with van der Waals surface area (Å²) in [6.07, 6.45) is 0. The van der Waals surface area contributed by atoms with Crippen LogP contribution in [0.1, 0.15) is 5.56 Å². The summed E-state index contributed by atoms with van der Waals surface area (Å²) in [5.41, 5.74) is 0.984. The summed E-state index contributed by atoms with van der Waals surface area (Å²) >= 11 is 0. The van der Waals surface area contributed by atoms with Crippen molar-refractivity contribution in [3.63, 3.8) is 0 Å². The molecule has 5 nitrogen and oxygen atoms in total. The highest BCUT2D eigenvalue weighted by Gasteiger charge is 2.27. The van der Waals surface area contributed by atoms with E-state index in [1.54, 1.807) is 22.5 Å². The molecule has 1 heterocycles. The fraction of sp³-hybridized carbons (Fsp3) is 0.538. The molecule has 106 valence electrons. The van der Waals surface area contributed by atoms with Gasteiger partial charge in [-0.2, -0.15) is 4.31 Å². The quantitative estimate of drug-likeness (QED) is 0.866. The number of hydrogen-bond donors (Lipinski definition) is 1. The largest absolute Gasteiger partial charge is 0.316 e. The fourth-order valence-corrected chi connectivity index (χ4v) is 3.69. The van der Waals surface area contributed by atoms with Gasteiger partial charge in [-0.05, 0) is 31.8 Å². The van der Waals surface area contributed by atoms with Gasteiger partial charge in [0.1, 0.15) is 0 Å². The number of piperazine rings is 1. The molecule has 1 aromatic rings. The molecular formula is C13H21N3O2S. The average Bonchev–Trinajstić information content (AvgIpc) is 2.40. The molecule has 0 aromatic heterocycles. The van der Waals surface area contributed by atoms with Crippen molar-refractivity contribution in [1.82, 2.24) is 14.5 Å². The summed E-state index contributed by atoms with van der Waals surface area (Å²) in [4.78, 5) is 2.54. The zero-order chi connectivity index (χ0) is 13.9. The molecule has 1 aliphatic heterocycles. The van der Waals surface area contributed by atoms with E-state index in [0.29, 0.717) is 24.5 Å². The van der Waals surface area contributed by atoms with Crippen molar-refractivity contribution in [3.8, 4) is 0 Å². The molecule has 1 aliphatic rings. The van der Waals surface area contributed by atoms with Gasteiger partial charge >= 0.3 is 0 Å². The van der Waals surface area contributed by atoms with Crippen LogP contribution in [0.25, 0.3) is 0 Å². The van der Waals surface area contributed by atoms with Crippen LogP contribution in [0.3, 0.4) is 0 Å². The van der Waals surface area contributed by atoms with Gasteiger partial charge in [-0.3, -0.25) is 0 Å². The highest BCUT2D eigenvalue weighted by molar-refractivity contribution is 7.89. The smallest absolute Gasteiger partial charge is 0.243 e. The number of hydrogen-bond acceptors (Lipinski definition) is 4. The van der Waals surface area contributed by atoms with Crippen LogP contribution in [0.15, 0.2) is 29.2 Å². The lowest BCUT2D eigenvalue weighted by atomic mass is 10.2. The first kappa shape index (κ1) is 14.5. The van der Waals surface area contributed by atoms with E-state index in [1.807, 2.05) is 20.2 Å². The highest BCUT2D eigenvalue weighted by atomic mass is 32.2. The van der Waals surface area contributed by atoms with Crippen LogP contribution in [0.2, 0.25) is 0 Å². The van der Waals surface area contributed by atoms with Crippen LogP contribution in [-0.2, 0) is 16.6 Å². The van der Waals surface area contributed by atoms with Gasteiger partial charge < -0.3 is 10.2 Å². The second-order valence-electron chi connectivity index (χ2n) is 4.89. The third-order valence-electron chi connectivity index (χ3n) is 3.38. The lowest BCUT2D eigenvalue weighted by Gasteiger charge is -2.31. The Morgan fingerprint density at radius 1 is 1.21 bits per heavy atom. The van der Waals surface area contributed by atoms with Gasteiger partial charge in [-0.25, -0.2) is 8.42 Å². The molecule has 0 radical (unpaired) electrons. The fourth-order valence-electron chi connectivity index (χ4n) is 2.20. The van der Waals surface area contributed by atoms with Crippen LogP contribution >= 0.6 is 0 Å². The lowest BCUT2D eigenvalue weighted by Crippen LogP contribution is -2.47. The molecule has 0 saturated carbocycles. The molecule has 1 aromatic carbocycles. The van der Waals surface area contributed by atoms with Crippen LogP contribution in [0.4, 0.5) is 0 Å². The Balaban J connectivity index is 2.21. The van der Waals surface area contributed by atoms with E-state index >= 15 is 0 Å². The van der Waals surface area contributed by atoms with Gasteiger partial charge in [0.2, 0.25) is 10.0 Å². The first-order valence-electron chi connectivity index (χ1n) is 6.46. The Morgan fingerprint density at radius 2 is 1.89 bits per heavy atom. The molecule has 0 unspecified atom stereocenters. The monoisotopic (exact) mass is 283 g/mol. The molecule has 1 N–H and O–H groups in total. The molecule has 0 spiro atoms. The third-order valence-corrected chi connectivity index (χ3v) is 5.27. The van der Waals surface area contributed by atoms with Crippen molar-refractivity contribution in [2.24, 2.45) is 0 Å².